The molecule has 0 atom stereocenters. The summed E-state index contributed by atoms with van der Waals surface area (Å²) >= 11 is 0. The van der Waals surface area contributed by atoms with Gasteiger partial charge in [0.2, 0.25) is 0 Å². The lowest BCUT2D eigenvalue weighted by molar-refractivity contribution is 0.0690. The molecule has 0 radical (unpaired) electrons. The van der Waals surface area contributed by atoms with Crippen molar-refractivity contribution in [3.63, 3.8) is 0 Å². The third-order valence-electron chi connectivity index (χ3n) is 4.07. The number of aryl methyl sites for hydroxylation is 2. The van der Waals surface area contributed by atoms with Gasteiger partial charge in [-0.3, -0.25) is 4.90 Å². The van der Waals surface area contributed by atoms with E-state index in [2.05, 4.69) is 47.3 Å². The lowest BCUT2D eigenvalue weighted by atomic mass is 10.00. The Kier molecular flexibility index (Phi) is 3.47. The van der Waals surface area contributed by atoms with Crippen LogP contribution in [0.4, 0.5) is 0 Å². The lowest BCUT2D eigenvalue weighted by Crippen LogP contribution is -2.47. The molecule has 1 aliphatic heterocycles. The van der Waals surface area contributed by atoms with Crippen LogP contribution in [-0.2, 0) is 6.54 Å². The summed E-state index contributed by atoms with van der Waals surface area (Å²) in [6, 6.07) is 6.57. The second kappa shape index (κ2) is 5.29. The zero-order valence-corrected chi connectivity index (χ0v) is 12.2. The van der Waals surface area contributed by atoms with Crippen LogP contribution in [0, 0.1) is 13.8 Å². The smallest absolute Gasteiger partial charge is 0.358 e. The van der Waals surface area contributed by atoms with Crippen LogP contribution in [-0.4, -0.2) is 44.1 Å². The number of rotatable bonds is 4. The molecule has 110 valence electrons. The Bertz CT molecular complexity index is 654. The predicted octanol–water partition coefficient (Wildman–Crippen LogP) is 1.65. The van der Waals surface area contributed by atoms with Gasteiger partial charge in [-0.15, -0.1) is 5.10 Å². The van der Waals surface area contributed by atoms with E-state index in [1.807, 2.05) is 0 Å². The largest absolute Gasteiger partial charge is 0.476 e. The molecular weight excluding hydrogens is 268 g/mol. The lowest BCUT2D eigenvalue weighted by Gasteiger charge is -2.39. The standard InChI is InChI=1S/C15H18N4O2/c1-10-4-3-5-11(2)13(10)8-18-6-12(7-18)19-9-14(15(20)21)16-17-19/h3-5,9,12H,6-8H2,1-2H3,(H,20,21). The Morgan fingerprint density at radius 2 is 2.00 bits per heavy atom. The Balaban J connectivity index is 1.62. The summed E-state index contributed by atoms with van der Waals surface area (Å²) in [5.41, 5.74) is 4.00. The first-order valence-electron chi connectivity index (χ1n) is 6.97. The van der Waals surface area contributed by atoms with E-state index in [1.54, 1.807) is 4.68 Å². The molecule has 0 spiro atoms. The third-order valence-corrected chi connectivity index (χ3v) is 4.07. The summed E-state index contributed by atoms with van der Waals surface area (Å²) in [5, 5.41) is 16.4. The fraction of sp³-hybridized carbons (Fsp3) is 0.400. The van der Waals surface area contributed by atoms with Gasteiger partial charge in [0.25, 0.3) is 0 Å². The first-order valence-corrected chi connectivity index (χ1v) is 6.97. The fourth-order valence-corrected chi connectivity index (χ4v) is 2.71. The average Bonchev–Trinajstić information content (AvgIpc) is 2.85. The van der Waals surface area contributed by atoms with Crippen LogP contribution >= 0.6 is 0 Å². The molecule has 1 saturated heterocycles. The van der Waals surface area contributed by atoms with E-state index >= 15 is 0 Å². The first-order chi connectivity index (χ1) is 10.0. The van der Waals surface area contributed by atoms with Crippen LogP contribution < -0.4 is 0 Å². The molecule has 1 aliphatic rings. The maximum atomic E-state index is 10.8. The zero-order valence-electron chi connectivity index (χ0n) is 12.2. The van der Waals surface area contributed by atoms with Crippen LogP contribution in [0.1, 0.15) is 33.2 Å². The fourth-order valence-electron chi connectivity index (χ4n) is 2.71. The summed E-state index contributed by atoms with van der Waals surface area (Å²) in [5.74, 6) is -1.03. The van der Waals surface area contributed by atoms with Crippen molar-refractivity contribution in [3.05, 3.63) is 46.8 Å². The molecule has 2 aromatic rings. The summed E-state index contributed by atoms with van der Waals surface area (Å²) in [6.45, 7) is 6.94. The molecule has 0 saturated carbocycles. The van der Waals surface area contributed by atoms with E-state index in [1.165, 1.54) is 22.9 Å². The number of likely N-dealkylation sites (tertiary alicyclic amines) is 1. The van der Waals surface area contributed by atoms with E-state index in [0.29, 0.717) is 0 Å². The predicted molar refractivity (Wildman–Crippen MR) is 77.2 cm³/mol. The van der Waals surface area contributed by atoms with Crippen molar-refractivity contribution >= 4 is 5.97 Å². The monoisotopic (exact) mass is 286 g/mol. The Hall–Kier alpha value is -2.21. The van der Waals surface area contributed by atoms with Gasteiger partial charge in [-0.25, -0.2) is 9.48 Å². The summed E-state index contributed by atoms with van der Waals surface area (Å²) in [4.78, 5) is 13.1. The number of carboxylic acids is 1. The topological polar surface area (TPSA) is 71.2 Å². The molecule has 1 N–H and O–H groups in total. The van der Waals surface area contributed by atoms with E-state index in [0.717, 1.165) is 19.6 Å². The van der Waals surface area contributed by atoms with E-state index in [4.69, 9.17) is 5.11 Å². The van der Waals surface area contributed by atoms with Gasteiger partial charge in [0.05, 0.1) is 12.2 Å². The van der Waals surface area contributed by atoms with Crippen molar-refractivity contribution in [1.82, 2.24) is 19.9 Å². The van der Waals surface area contributed by atoms with Gasteiger partial charge in [-0.2, -0.15) is 0 Å². The van der Waals surface area contributed by atoms with Crippen LogP contribution in [0.3, 0.4) is 0 Å². The zero-order chi connectivity index (χ0) is 15.0. The number of aromatic nitrogens is 3. The number of carbonyl (C=O) groups is 1. The first kappa shape index (κ1) is 13.8. The van der Waals surface area contributed by atoms with Crippen LogP contribution in [0.5, 0.6) is 0 Å². The molecular formula is C15H18N4O2. The SMILES string of the molecule is Cc1cccc(C)c1CN1CC(n2cc(C(=O)O)nn2)C1. The van der Waals surface area contributed by atoms with E-state index in [-0.39, 0.29) is 11.7 Å². The van der Waals surface area contributed by atoms with Crippen molar-refractivity contribution in [2.45, 2.75) is 26.4 Å². The van der Waals surface area contributed by atoms with Crippen molar-refractivity contribution in [3.8, 4) is 0 Å². The normalized spacial score (nSPS) is 15.9. The number of aromatic carboxylic acids is 1. The number of hydrogen-bond donors (Lipinski definition) is 1. The Labute approximate surface area is 123 Å². The summed E-state index contributed by atoms with van der Waals surface area (Å²) < 4.78 is 1.66. The highest BCUT2D eigenvalue weighted by atomic mass is 16.4. The van der Waals surface area contributed by atoms with Crippen molar-refractivity contribution in [1.29, 1.82) is 0 Å². The number of benzene rings is 1. The maximum Gasteiger partial charge on any atom is 0.358 e. The van der Waals surface area contributed by atoms with Gasteiger partial charge in [0, 0.05) is 19.6 Å². The molecule has 21 heavy (non-hydrogen) atoms. The number of carboxylic acid groups (broad SMARTS) is 1. The molecule has 1 aromatic heterocycles. The van der Waals surface area contributed by atoms with Gasteiger partial charge in [-0.1, -0.05) is 23.4 Å². The molecule has 0 bridgehead atoms. The molecule has 0 aliphatic carbocycles. The van der Waals surface area contributed by atoms with Gasteiger partial charge >= 0.3 is 5.97 Å². The van der Waals surface area contributed by atoms with Gasteiger partial charge in [0.15, 0.2) is 5.69 Å². The summed E-state index contributed by atoms with van der Waals surface area (Å²) in [7, 11) is 0. The minimum absolute atomic E-state index is 0.00296. The minimum Gasteiger partial charge on any atom is -0.476 e. The van der Waals surface area contributed by atoms with Crippen molar-refractivity contribution in [2.24, 2.45) is 0 Å². The second-order valence-corrected chi connectivity index (χ2v) is 5.61. The molecule has 1 fully saturated rings. The molecule has 3 rings (SSSR count). The van der Waals surface area contributed by atoms with Crippen LogP contribution in [0.15, 0.2) is 24.4 Å². The number of nitrogens with zero attached hydrogens (tertiary/aromatic N) is 4. The van der Waals surface area contributed by atoms with Crippen molar-refractivity contribution in [2.75, 3.05) is 13.1 Å². The molecule has 6 nitrogen and oxygen atoms in total. The van der Waals surface area contributed by atoms with Crippen LogP contribution in [0.2, 0.25) is 0 Å². The highest BCUT2D eigenvalue weighted by Gasteiger charge is 2.30. The van der Waals surface area contributed by atoms with Crippen molar-refractivity contribution < 1.29 is 9.90 Å². The molecule has 0 amide bonds. The Morgan fingerprint density at radius 1 is 1.33 bits per heavy atom. The third kappa shape index (κ3) is 2.67. The average molecular weight is 286 g/mol. The van der Waals surface area contributed by atoms with Gasteiger partial charge < -0.3 is 5.11 Å². The molecule has 0 unspecified atom stereocenters. The second-order valence-electron chi connectivity index (χ2n) is 5.61. The Morgan fingerprint density at radius 3 is 2.57 bits per heavy atom. The number of hydrogen-bond acceptors (Lipinski definition) is 4. The molecule has 1 aromatic carbocycles. The maximum absolute atomic E-state index is 10.8. The minimum atomic E-state index is -1.03. The van der Waals surface area contributed by atoms with Crippen LogP contribution in [0.25, 0.3) is 0 Å². The summed E-state index contributed by atoms with van der Waals surface area (Å²) in [6.07, 6.45) is 1.50. The van der Waals surface area contributed by atoms with E-state index < -0.39 is 5.97 Å². The van der Waals surface area contributed by atoms with Gasteiger partial charge in [-0.05, 0) is 30.5 Å². The highest BCUT2D eigenvalue weighted by molar-refractivity contribution is 5.84. The highest BCUT2D eigenvalue weighted by Crippen LogP contribution is 2.25. The molecule has 6 heteroatoms. The van der Waals surface area contributed by atoms with E-state index in [9.17, 15) is 4.79 Å². The van der Waals surface area contributed by atoms with Gasteiger partial charge in [0.1, 0.15) is 0 Å². The molecule has 2 heterocycles. The quantitative estimate of drug-likeness (QED) is 0.925.